The van der Waals surface area contributed by atoms with Gasteiger partial charge in [0.15, 0.2) is 0 Å². The van der Waals surface area contributed by atoms with Crippen molar-refractivity contribution in [3.05, 3.63) is 34.7 Å². The van der Waals surface area contributed by atoms with Gasteiger partial charge in [0.05, 0.1) is 0 Å². The highest BCUT2D eigenvalue weighted by Gasteiger charge is 2.25. The van der Waals surface area contributed by atoms with Gasteiger partial charge in [0.25, 0.3) is 0 Å². The molecule has 0 spiro atoms. The van der Waals surface area contributed by atoms with Crippen LogP contribution in [-0.4, -0.2) is 25.0 Å². The molecule has 2 nitrogen and oxygen atoms in total. The first-order valence-electron chi connectivity index (χ1n) is 8.18. The molecule has 2 aromatic rings. The number of nitrogens with one attached hydrogen (secondary N) is 1. The fourth-order valence-electron chi connectivity index (χ4n) is 3.07. The summed E-state index contributed by atoms with van der Waals surface area (Å²) >= 11 is 1.95. The minimum absolute atomic E-state index is 0.967. The summed E-state index contributed by atoms with van der Waals surface area (Å²) in [5.41, 5.74) is 1.55. The number of thiophene rings is 1. The maximum atomic E-state index is 3.34. The van der Waals surface area contributed by atoms with Crippen LogP contribution in [-0.2, 0) is 13.1 Å². The van der Waals surface area contributed by atoms with Gasteiger partial charge in [-0.3, -0.25) is 4.90 Å². The highest BCUT2D eigenvalue weighted by molar-refractivity contribution is 7.19. The van der Waals surface area contributed by atoms with Gasteiger partial charge < -0.3 is 5.32 Å². The zero-order chi connectivity index (χ0) is 14.7. The van der Waals surface area contributed by atoms with Gasteiger partial charge in [-0.2, -0.15) is 0 Å². The van der Waals surface area contributed by atoms with Gasteiger partial charge in [0.2, 0.25) is 0 Å². The van der Waals surface area contributed by atoms with Gasteiger partial charge in [0.1, 0.15) is 0 Å². The van der Waals surface area contributed by atoms with Crippen LogP contribution in [0.3, 0.4) is 0 Å². The second-order valence-electron chi connectivity index (χ2n) is 6.21. The molecule has 1 aromatic carbocycles. The van der Waals surface area contributed by atoms with Crippen LogP contribution in [0.25, 0.3) is 10.1 Å². The zero-order valence-corrected chi connectivity index (χ0v) is 14.0. The second kappa shape index (κ2) is 6.91. The summed E-state index contributed by atoms with van der Waals surface area (Å²) in [7, 11) is 2.04. The standard InChI is InChI=1S/C18H26N2S/c1-3-10-20(12-14-8-9-14)13-16-15-6-4-5-7-17(15)21-18(16)11-19-2/h4-7,14,19H,3,8-13H2,1-2H3. The number of benzene rings is 1. The van der Waals surface area contributed by atoms with Gasteiger partial charge in [-0.1, -0.05) is 25.1 Å². The molecule has 3 rings (SSSR count). The van der Waals surface area contributed by atoms with Crippen molar-refractivity contribution in [2.24, 2.45) is 5.92 Å². The second-order valence-corrected chi connectivity index (χ2v) is 7.35. The minimum Gasteiger partial charge on any atom is -0.315 e. The zero-order valence-electron chi connectivity index (χ0n) is 13.2. The molecule has 1 heterocycles. The average molecular weight is 302 g/mol. The molecule has 21 heavy (non-hydrogen) atoms. The molecule has 1 aliphatic carbocycles. The van der Waals surface area contributed by atoms with Gasteiger partial charge in [-0.15, -0.1) is 11.3 Å². The quantitative estimate of drug-likeness (QED) is 0.784. The third-order valence-electron chi connectivity index (χ3n) is 4.25. The Labute approximate surface area is 132 Å². The highest BCUT2D eigenvalue weighted by Crippen LogP contribution is 2.34. The molecule has 0 atom stereocenters. The van der Waals surface area contributed by atoms with Crippen LogP contribution in [0.2, 0.25) is 0 Å². The van der Waals surface area contributed by atoms with E-state index in [9.17, 15) is 0 Å². The van der Waals surface area contributed by atoms with E-state index in [4.69, 9.17) is 0 Å². The Balaban J connectivity index is 1.86. The summed E-state index contributed by atoms with van der Waals surface area (Å²) in [6, 6.07) is 8.88. The lowest BCUT2D eigenvalue weighted by atomic mass is 10.1. The third-order valence-corrected chi connectivity index (χ3v) is 5.47. The SMILES string of the molecule is CCCN(Cc1c(CNC)sc2ccccc12)CC1CC1. The van der Waals surface area contributed by atoms with E-state index in [2.05, 4.69) is 41.4 Å². The van der Waals surface area contributed by atoms with Crippen molar-refractivity contribution >= 4 is 21.4 Å². The fourth-order valence-corrected chi connectivity index (χ4v) is 4.29. The summed E-state index contributed by atoms with van der Waals surface area (Å²) in [6.07, 6.45) is 4.12. The van der Waals surface area contributed by atoms with Gasteiger partial charge in [-0.25, -0.2) is 0 Å². The molecule has 1 aliphatic rings. The van der Waals surface area contributed by atoms with Crippen LogP contribution in [0.15, 0.2) is 24.3 Å². The van der Waals surface area contributed by atoms with Gasteiger partial charge >= 0.3 is 0 Å². The Hall–Kier alpha value is -0.900. The molecular formula is C18H26N2S. The van der Waals surface area contributed by atoms with E-state index in [1.165, 1.54) is 47.3 Å². The Kier molecular flexibility index (Phi) is 4.94. The molecule has 0 saturated heterocycles. The van der Waals surface area contributed by atoms with Crippen LogP contribution in [0.5, 0.6) is 0 Å². The van der Waals surface area contributed by atoms with E-state index >= 15 is 0 Å². The molecule has 114 valence electrons. The van der Waals surface area contributed by atoms with Crippen molar-refractivity contribution in [1.29, 1.82) is 0 Å². The van der Waals surface area contributed by atoms with E-state index in [-0.39, 0.29) is 0 Å². The number of hydrogen-bond acceptors (Lipinski definition) is 3. The van der Waals surface area contributed by atoms with E-state index in [0.29, 0.717) is 0 Å². The lowest BCUT2D eigenvalue weighted by Gasteiger charge is -2.22. The molecule has 0 bridgehead atoms. The largest absolute Gasteiger partial charge is 0.315 e. The molecule has 1 N–H and O–H groups in total. The predicted molar refractivity (Wildman–Crippen MR) is 92.9 cm³/mol. The van der Waals surface area contributed by atoms with Crippen molar-refractivity contribution in [1.82, 2.24) is 10.2 Å². The molecule has 0 aliphatic heterocycles. The highest BCUT2D eigenvalue weighted by atomic mass is 32.1. The maximum Gasteiger partial charge on any atom is 0.0349 e. The first kappa shape index (κ1) is 15.0. The first-order valence-corrected chi connectivity index (χ1v) is 8.99. The Bertz CT molecular complexity index is 586. The monoisotopic (exact) mass is 302 g/mol. The molecule has 1 saturated carbocycles. The van der Waals surface area contributed by atoms with Crippen molar-refractivity contribution in [3.63, 3.8) is 0 Å². The molecule has 0 radical (unpaired) electrons. The lowest BCUT2D eigenvalue weighted by Crippen LogP contribution is -2.27. The predicted octanol–water partition coefficient (Wildman–Crippen LogP) is 4.24. The van der Waals surface area contributed by atoms with Crippen LogP contribution < -0.4 is 5.32 Å². The smallest absolute Gasteiger partial charge is 0.0349 e. The van der Waals surface area contributed by atoms with Crippen LogP contribution in [0, 0.1) is 5.92 Å². The Morgan fingerprint density at radius 2 is 2.10 bits per heavy atom. The summed E-state index contributed by atoms with van der Waals surface area (Å²) in [4.78, 5) is 4.18. The summed E-state index contributed by atoms with van der Waals surface area (Å²) in [6.45, 7) is 6.90. The summed E-state index contributed by atoms with van der Waals surface area (Å²) in [5, 5.41) is 4.80. The number of hydrogen-bond donors (Lipinski definition) is 1. The molecule has 1 aromatic heterocycles. The Morgan fingerprint density at radius 3 is 2.81 bits per heavy atom. The Morgan fingerprint density at radius 1 is 1.29 bits per heavy atom. The van der Waals surface area contributed by atoms with Crippen molar-refractivity contribution in [3.8, 4) is 0 Å². The van der Waals surface area contributed by atoms with Crippen molar-refractivity contribution in [2.45, 2.75) is 39.3 Å². The maximum absolute atomic E-state index is 3.34. The molecule has 1 fully saturated rings. The fraction of sp³-hybridized carbons (Fsp3) is 0.556. The molecular weight excluding hydrogens is 276 g/mol. The molecule has 0 amide bonds. The van der Waals surface area contributed by atoms with Crippen LogP contribution >= 0.6 is 11.3 Å². The van der Waals surface area contributed by atoms with Crippen molar-refractivity contribution in [2.75, 3.05) is 20.1 Å². The van der Waals surface area contributed by atoms with Gasteiger partial charge in [0, 0.05) is 29.2 Å². The van der Waals surface area contributed by atoms with Gasteiger partial charge in [-0.05, 0) is 55.8 Å². The lowest BCUT2D eigenvalue weighted by molar-refractivity contribution is 0.255. The topological polar surface area (TPSA) is 15.3 Å². The van der Waals surface area contributed by atoms with Crippen LogP contribution in [0.4, 0.5) is 0 Å². The minimum atomic E-state index is 0.967. The molecule has 0 unspecified atom stereocenters. The number of fused-ring (bicyclic) bond motifs is 1. The summed E-state index contributed by atoms with van der Waals surface area (Å²) < 4.78 is 1.43. The van der Waals surface area contributed by atoms with E-state index < -0.39 is 0 Å². The number of rotatable bonds is 8. The van der Waals surface area contributed by atoms with E-state index in [1.807, 2.05) is 18.4 Å². The summed E-state index contributed by atoms with van der Waals surface area (Å²) in [5.74, 6) is 0.967. The van der Waals surface area contributed by atoms with E-state index in [0.717, 1.165) is 19.0 Å². The first-order chi connectivity index (χ1) is 10.3. The average Bonchev–Trinajstić information content (AvgIpc) is 3.23. The van der Waals surface area contributed by atoms with E-state index in [1.54, 1.807) is 5.56 Å². The normalized spacial score (nSPS) is 15.2. The number of nitrogens with zero attached hydrogens (tertiary/aromatic N) is 1. The molecule has 3 heteroatoms. The van der Waals surface area contributed by atoms with Crippen LogP contribution in [0.1, 0.15) is 36.6 Å². The third kappa shape index (κ3) is 3.65. The van der Waals surface area contributed by atoms with Crippen molar-refractivity contribution < 1.29 is 0 Å².